The van der Waals surface area contributed by atoms with Crippen molar-refractivity contribution in [3.8, 4) is 0 Å². The van der Waals surface area contributed by atoms with Crippen LogP contribution in [0.3, 0.4) is 0 Å². The molecule has 0 aromatic heterocycles. The average molecular weight is 298 g/mol. The number of halogens is 2. The van der Waals surface area contributed by atoms with Crippen molar-refractivity contribution in [1.29, 1.82) is 0 Å². The monoisotopic (exact) mass is 298 g/mol. The Morgan fingerprint density at radius 2 is 1.81 bits per heavy atom. The molecule has 3 nitrogen and oxygen atoms in total. The lowest BCUT2D eigenvalue weighted by Crippen LogP contribution is -2.53. The zero-order valence-corrected chi connectivity index (χ0v) is 13.1. The van der Waals surface area contributed by atoms with E-state index >= 15 is 0 Å². The highest BCUT2D eigenvalue weighted by molar-refractivity contribution is 5.80. The summed E-state index contributed by atoms with van der Waals surface area (Å²) >= 11 is 0. The number of hydrogen-bond acceptors (Lipinski definition) is 1. The number of alkyl halides is 2. The fourth-order valence-electron chi connectivity index (χ4n) is 3.55. The maximum absolute atomic E-state index is 12.9. The lowest BCUT2D eigenvalue weighted by atomic mass is 9.61. The van der Waals surface area contributed by atoms with Gasteiger partial charge < -0.3 is 9.74 Å². The van der Waals surface area contributed by atoms with Crippen LogP contribution in [0, 0.1) is 23.3 Å². The summed E-state index contributed by atoms with van der Waals surface area (Å²) in [4.78, 5) is 17.5. The Morgan fingerprint density at radius 1 is 1.29 bits per heavy atom. The van der Waals surface area contributed by atoms with Gasteiger partial charge in [-0.1, -0.05) is 20.8 Å². The van der Waals surface area contributed by atoms with Gasteiger partial charge >= 0.3 is 0 Å². The zero-order valence-electron chi connectivity index (χ0n) is 13.1. The van der Waals surface area contributed by atoms with E-state index in [1.165, 1.54) is 0 Å². The van der Waals surface area contributed by atoms with Gasteiger partial charge in [0.05, 0.1) is 5.41 Å². The predicted molar refractivity (Wildman–Crippen MR) is 76.8 cm³/mol. The van der Waals surface area contributed by atoms with Gasteiger partial charge in [-0.25, -0.2) is 15.4 Å². The van der Waals surface area contributed by atoms with Gasteiger partial charge in [0, 0.05) is 31.8 Å². The SMILES string of the molecule is [C-]#[N+]CC1(C(C)(C)C)CCN(C(=O)C2CC(F)(F)C2)CC1. The molecule has 0 radical (unpaired) electrons. The van der Waals surface area contributed by atoms with E-state index in [9.17, 15) is 13.6 Å². The number of carbonyl (C=O) groups is 1. The molecule has 0 unspecified atom stereocenters. The third-order valence-corrected chi connectivity index (χ3v) is 5.44. The van der Waals surface area contributed by atoms with Crippen LogP contribution in [0.25, 0.3) is 4.85 Å². The molecule has 1 saturated carbocycles. The van der Waals surface area contributed by atoms with Crippen molar-refractivity contribution in [2.75, 3.05) is 19.6 Å². The van der Waals surface area contributed by atoms with Crippen LogP contribution < -0.4 is 0 Å². The van der Waals surface area contributed by atoms with Crippen molar-refractivity contribution < 1.29 is 13.6 Å². The maximum atomic E-state index is 12.9. The third kappa shape index (κ3) is 3.04. The molecule has 118 valence electrons. The van der Waals surface area contributed by atoms with Gasteiger partial charge in [-0.05, 0) is 18.3 Å². The topological polar surface area (TPSA) is 24.7 Å². The number of likely N-dealkylation sites (tertiary alicyclic amines) is 1. The second-order valence-corrected chi connectivity index (χ2v) is 7.63. The van der Waals surface area contributed by atoms with E-state index in [1.54, 1.807) is 4.90 Å². The fraction of sp³-hybridized carbons (Fsp3) is 0.875. The number of carbonyl (C=O) groups excluding carboxylic acids is 1. The summed E-state index contributed by atoms with van der Waals surface area (Å²) in [5, 5.41) is 0. The average Bonchev–Trinajstić information content (AvgIpc) is 2.35. The molecule has 0 bridgehead atoms. The summed E-state index contributed by atoms with van der Waals surface area (Å²) in [6.45, 7) is 15.3. The van der Waals surface area contributed by atoms with Crippen molar-refractivity contribution in [1.82, 2.24) is 4.90 Å². The molecule has 1 aliphatic heterocycles. The van der Waals surface area contributed by atoms with E-state index in [2.05, 4.69) is 25.6 Å². The number of rotatable bonds is 2. The molecule has 0 aromatic rings. The number of nitrogens with zero attached hydrogens (tertiary/aromatic N) is 2. The van der Waals surface area contributed by atoms with Gasteiger partial charge in [-0.2, -0.15) is 0 Å². The first-order valence-corrected chi connectivity index (χ1v) is 7.60. The van der Waals surface area contributed by atoms with Crippen molar-refractivity contribution in [2.45, 2.75) is 52.4 Å². The van der Waals surface area contributed by atoms with Gasteiger partial charge in [0.1, 0.15) is 0 Å². The lowest BCUT2D eigenvalue weighted by Gasteiger charge is -2.48. The second kappa shape index (κ2) is 5.23. The summed E-state index contributed by atoms with van der Waals surface area (Å²) in [7, 11) is 0. The van der Waals surface area contributed by atoms with E-state index in [0.29, 0.717) is 19.6 Å². The molecule has 5 heteroatoms. The van der Waals surface area contributed by atoms with Crippen molar-refractivity contribution in [3.63, 3.8) is 0 Å². The van der Waals surface area contributed by atoms with Crippen LogP contribution in [-0.4, -0.2) is 36.4 Å². The fourth-order valence-corrected chi connectivity index (χ4v) is 3.55. The quantitative estimate of drug-likeness (QED) is 0.715. The van der Waals surface area contributed by atoms with Gasteiger partial charge in [-0.3, -0.25) is 4.79 Å². The molecule has 0 atom stereocenters. The molecule has 2 fully saturated rings. The highest BCUT2D eigenvalue weighted by Crippen LogP contribution is 2.48. The molecule has 2 rings (SSSR count). The van der Waals surface area contributed by atoms with E-state index in [-0.39, 0.29) is 29.6 Å². The minimum Gasteiger partial charge on any atom is -0.342 e. The van der Waals surface area contributed by atoms with Crippen LogP contribution in [0.2, 0.25) is 0 Å². The standard InChI is InChI=1S/C16H24F2N2O/c1-14(2,3)15(11-19-4)5-7-20(8-6-15)13(21)12-9-16(17,18)10-12/h12H,5-11H2,1-3H3. The smallest absolute Gasteiger partial charge is 0.249 e. The summed E-state index contributed by atoms with van der Waals surface area (Å²) < 4.78 is 25.8. The molecule has 21 heavy (non-hydrogen) atoms. The molecule has 2 aliphatic rings. The highest BCUT2D eigenvalue weighted by Gasteiger charge is 2.52. The van der Waals surface area contributed by atoms with Crippen LogP contribution in [-0.2, 0) is 4.79 Å². The molecule has 0 spiro atoms. The minimum atomic E-state index is -2.64. The number of piperidine rings is 1. The Labute approximate surface area is 125 Å². The van der Waals surface area contributed by atoms with Gasteiger partial charge in [0.15, 0.2) is 0 Å². The summed E-state index contributed by atoms with van der Waals surface area (Å²) in [5.74, 6) is -3.26. The zero-order chi connectivity index (χ0) is 15.9. The largest absolute Gasteiger partial charge is 0.342 e. The summed E-state index contributed by atoms with van der Waals surface area (Å²) in [6.07, 6.45) is 0.977. The molecular formula is C16H24F2N2O. The van der Waals surface area contributed by atoms with Gasteiger partial charge in [-0.15, -0.1) is 0 Å². The number of hydrogen-bond donors (Lipinski definition) is 0. The van der Waals surface area contributed by atoms with Crippen molar-refractivity contribution in [3.05, 3.63) is 11.4 Å². The van der Waals surface area contributed by atoms with Crippen molar-refractivity contribution in [2.24, 2.45) is 16.7 Å². The van der Waals surface area contributed by atoms with Crippen LogP contribution in [0.5, 0.6) is 0 Å². The Balaban J connectivity index is 1.96. The Kier molecular flexibility index (Phi) is 4.03. The highest BCUT2D eigenvalue weighted by atomic mass is 19.3. The molecule has 0 aromatic carbocycles. The first-order valence-electron chi connectivity index (χ1n) is 7.60. The van der Waals surface area contributed by atoms with Crippen LogP contribution in [0.4, 0.5) is 8.78 Å². The molecule has 1 heterocycles. The number of amides is 1. The first-order chi connectivity index (χ1) is 9.60. The van der Waals surface area contributed by atoms with Gasteiger partial charge in [0.2, 0.25) is 18.4 Å². The predicted octanol–water partition coefficient (Wildman–Crippen LogP) is 3.61. The minimum absolute atomic E-state index is 0.0101. The van der Waals surface area contributed by atoms with Crippen LogP contribution >= 0.6 is 0 Å². The summed E-state index contributed by atoms with van der Waals surface area (Å²) in [6, 6.07) is 0. The van der Waals surface area contributed by atoms with E-state index in [1.807, 2.05) is 0 Å². The van der Waals surface area contributed by atoms with Crippen LogP contribution in [0.15, 0.2) is 0 Å². The Hall–Kier alpha value is -1.18. The molecule has 1 saturated heterocycles. The van der Waals surface area contributed by atoms with E-state index < -0.39 is 11.8 Å². The maximum Gasteiger partial charge on any atom is 0.249 e. The van der Waals surface area contributed by atoms with Crippen molar-refractivity contribution >= 4 is 5.91 Å². The van der Waals surface area contributed by atoms with E-state index in [0.717, 1.165) is 12.8 Å². The first kappa shape index (κ1) is 16.2. The van der Waals surface area contributed by atoms with Gasteiger partial charge in [0.25, 0.3) is 0 Å². The van der Waals surface area contributed by atoms with E-state index in [4.69, 9.17) is 6.57 Å². The molecule has 1 aliphatic carbocycles. The summed E-state index contributed by atoms with van der Waals surface area (Å²) in [5.41, 5.74) is -0.0642. The molecule has 0 N–H and O–H groups in total. The second-order valence-electron chi connectivity index (χ2n) is 7.63. The van der Waals surface area contributed by atoms with Crippen LogP contribution in [0.1, 0.15) is 46.5 Å². The lowest BCUT2D eigenvalue weighted by molar-refractivity contribution is -0.162. The molecular weight excluding hydrogens is 274 g/mol. The Bertz CT molecular complexity index is 446. The molecule has 1 amide bonds. The normalized spacial score (nSPS) is 25.0. The third-order valence-electron chi connectivity index (χ3n) is 5.44. The Morgan fingerprint density at radius 3 is 2.19 bits per heavy atom.